The van der Waals surface area contributed by atoms with Crippen molar-refractivity contribution in [2.75, 3.05) is 33.4 Å². The van der Waals surface area contributed by atoms with Crippen LogP contribution in [0.3, 0.4) is 0 Å². The number of aliphatic imine (C=N–C) groups is 1. The zero-order chi connectivity index (χ0) is 15.8. The molecule has 1 aromatic rings. The molecule has 0 amide bonds. The van der Waals surface area contributed by atoms with Crippen LogP contribution in [0.25, 0.3) is 0 Å². The number of hydrogen-bond donors (Lipinski definition) is 1. The number of halogens is 1. The van der Waals surface area contributed by atoms with E-state index in [1.807, 2.05) is 24.3 Å². The van der Waals surface area contributed by atoms with Crippen molar-refractivity contribution >= 4 is 29.9 Å². The summed E-state index contributed by atoms with van der Waals surface area (Å²) in [5, 5.41) is 12.3. The third-order valence-corrected chi connectivity index (χ3v) is 3.72. The quantitative estimate of drug-likeness (QED) is 0.445. The summed E-state index contributed by atoms with van der Waals surface area (Å²) >= 11 is 0. The molecule has 23 heavy (non-hydrogen) atoms. The van der Waals surface area contributed by atoms with E-state index in [9.17, 15) is 0 Å². The van der Waals surface area contributed by atoms with E-state index in [1.54, 1.807) is 0 Å². The summed E-state index contributed by atoms with van der Waals surface area (Å²) in [6.45, 7) is 6.13. The summed E-state index contributed by atoms with van der Waals surface area (Å²) in [5.41, 5.74) is 1.72. The molecule has 1 heterocycles. The van der Waals surface area contributed by atoms with Gasteiger partial charge in [0.15, 0.2) is 5.96 Å². The molecule has 1 unspecified atom stereocenters. The molecule has 0 saturated carbocycles. The Balaban J connectivity index is 0.00000264. The summed E-state index contributed by atoms with van der Waals surface area (Å²) in [6, 6.07) is 9.76. The van der Waals surface area contributed by atoms with Crippen molar-refractivity contribution in [1.82, 2.24) is 10.2 Å². The maximum absolute atomic E-state index is 8.95. The predicted molar refractivity (Wildman–Crippen MR) is 103 cm³/mol. The number of nitrogens with zero attached hydrogens (tertiary/aromatic N) is 3. The maximum Gasteiger partial charge on any atom is 0.193 e. The van der Waals surface area contributed by atoms with E-state index >= 15 is 0 Å². The molecular weight excluding hydrogens is 403 g/mol. The standard InChI is InChI=1S/C17H24N4O.HI/c1-3-19-17(21(2)12-16-7-8-22-13-16)20-11-15-6-4-5-14(9-15)10-18;/h4-6,9,16H,3,7-8,11-13H2,1-2H3,(H,19,20);1H. The molecule has 1 aliphatic heterocycles. The van der Waals surface area contributed by atoms with Crippen molar-refractivity contribution in [3.8, 4) is 6.07 Å². The molecule has 0 aliphatic carbocycles. The molecule has 1 aliphatic rings. The van der Waals surface area contributed by atoms with Gasteiger partial charge in [0.1, 0.15) is 0 Å². The van der Waals surface area contributed by atoms with Crippen LogP contribution in [-0.4, -0.2) is 44.2 Å². The highest BCUT2D eigenvalue weighted by Gasteiger charge is 2.18. The van der Waals surface area contributed by atoms with Gasteiger partial charge in [-0.25, -0.2) is 4.99 Å². The van der Waals surface area contributed by atoms with Gasteiger partial charge in [-0.15, -0.1) is 24.0 Å². The molecule has 6 heteroatoms. The number of guanidine groups is 1. The lowest BCUT2D eigenvalue weighted by Crippen LogP contribution is -2.41. The van der Waals surface area contributed by atoms with Crippen molar-refractivity contribution in [1.29, 1.82) is 5.26 Å². The molecule has 0 aromatic heterocycles. The van der Waals surface area contributed by atoms with Gasteiger partial charge in [0.2, 0.25) is 0 Å². The van der Waals surface area contributed by atoms with Gasteiger partial charge in [-0.2, -0.15) is 5.26 Å². The second-order valence-electron chi connectivity index (χ2n) is 5.59. The van der Waals surface area contributed by atoms with Crippen LogP contribution in [0.4, 0.5) is 0 Å². The molecule has 0 bridgehead atoms. The molecule has 2 rings (SSSR count). The number of rotatable bonds is 5. The largest absolute Gasteiger partial charge is 0.381 e. The Morgan fingerprint density at radius 2 is 2.35 bits per heavy atom. The summed E-state index contributed by atoms with van der Waals surface area (Å²) in [5.74, 6) is 1.48. The molecule has 0 spiro atoms. The van der Waals surface area contributed by atoms with Crippen molar-refractivity contribution in [3.05, 3.63) is 35.4 Å². The molecule has 5 nitrogen and oxygen atoms in total. The monoisotopic (exact) mass is 428 g/mol. The fourth-order valence-electron chi connectivity index (χ4n) is 2.58. The van der Waals surface area contributed by atoms with Crippen molar-refractivity contribution < 1.29 is 4.74 Å². The fourth-order valence-corrected chi connectivity index (χ4v) is 2.58. The number of benzene rings is 1. The third kappa shape index (κ3) is 6.36. The second-order valence-corrected chi connectivity index (χ2v) is 5.59. The SMILES string of the molecule is CCNC(=NCc1cccc(C#N)c1)N(C)CC1CCOC1.I. The van der Waals surface area contributed by atoms with Gasteiger partial charge in [-0.1, -0.05) is 12.1 Å². The average molecular weight is 428 g/mol. The van der Waals surface area contributed by atoms with E-state index in [-0.39, 0.29) is 24.0 Å². The maximum atomic E-state index is 8.95. The fraction of sp³-hybridized carbons (Fsp3) is 0.529. The highest BCUT2D eigenvalue weighted by Crippen LogP contribution is 2.13. The Morgan fingerprint density at radius 3 is 3.00 bits per heavy atom. The predicted octanol–water partition coefficient (Wildman–Crippen LogP) is 2.61. The average Bonchev–Trinajstić information content (AvgIpc) is 3.04. The van der Waals surface area contributed by atoms with E-state index in [0.717, 1.165) is 44.2 Å². The second kappa shape index (κ2) is 10.4. The Labute approximate surface area is 155 Å². The van der Waals surface area contributed by atoms with Crippen LogP contribution >= 0.6 is 24.0 Å². The summed E-state index contributed by atoms with van der Waals surface area (Å²) in [4.78, 5) is 6.85. The van der Waals surface area contributed by atoms with Gasteiger partial charge in [-0.3, -0.25) is 0 Å². The van der Waals surface area contributed by atoms with Crippen molar-refractivity contribution in [2.45, 2.75) is 19.9 Å². The van der Waals surface area contributed by atoms with Crippen LogP contribution in [0.1, 0.15) is 24.5 Å². The molecule has 1 aromatic carbocycles. The van der Waals surface area contributed by atoms with Gasteiger partial charge >= 0.3 is 0 Å². The topological polar surface area (TPSA) is 60.7 Å². The van der Waals surface area contributed by atoms with Gasteiger partial charge in [-0.05, 0) is 31.0 Å². The van der Waals surface area contributed by atoms with E-state index in [4.69, 9.17) is 10.00 Å². The van der Waals surface area contributed by atoms with Crippen molar-refractivity contribution in [2.24, 2.45) is 10.9 Å². The highest BCUT2D eigenvalue weighted by atomic mass is 127. The van der Waals surface area contributed by atoms with E-state index < -0.39 is 0 Å². The molecule has 1 saturated heterocycles. The molecule has 0 radical (unpaired) electrons. The number of hydrogen-bond acceptors (Lipinski definition) is 3. The summed E-state index contributed by atoms with van der Waals surface area (Å²) < 4.78 is 5.43. The van der Waals surface area contributed by atoms with Gasteiger partial charge in [0.25, 0.3) is 0 Å². The van der Waals surface area contributed by atoms with Crippen LogP contribution in [0, 0.1) is 17.2 Å². The molecule has 1 N–H and O–H groups in total. The lowest BCUT2D eigenvalue weighted by Gasteiger charge is -2.24. The first-order valence-corrected chi connectivity index (χ1v) is 7.79. The normalized spacial score (nSPS) is 17.3. The molecule has 126 valence electrons. The minimum absolute atomic E-state index is 0. The highest BCUT2D eigenvalue weighted by molar-refractivity contribution is 14.0. The van der Waals surface area contributed by atoms with E-state index in [0.29, 0.717) is 18.0 Å². The molecule has 1 fully saturated rings. The minimum atomic E-state index is 0. The Kier molecular flexibility index (Phi) is 8.95. The summed E-state index contributed by atoms with van der Waals surface area (Å²) in [6.07, 6.45) is 1.12. The Hall–Kier alpha value is -1.33. The Morgan fingerprint density at radius 1 is 1.52 bits per heavy atom. The van der Waals surface area contributed by atoms with Gasteiger partial charge < -0.3 is 15.0 Å². The lowest BCUT2D eigenvalue weighted by atomic mass is 10.1. The van der Waals surface area contributed by atoms with Crippen LogP contribution in [0.2, 0.25) is 0 Å². The number of nitrogens with one attached hydrogen (secondary N) is 1. The first-order chi connectivity index (χ1) is 10.7. The van der Waals surface area contributed by atoms with E-state index in [1.165, 1.54) is 0 Å². The van der Waals surface area contributed by atoms with Gasteiger partial charge in [0.05, 0.1) is 24.8 Å². The van der Waals surface area contributed by atoms with Gasteiger partial charge in [0, 0.05) is 32.7 Å². The molecular formula is C17H25IN4O. The smallest absolute Gasteiger partial charge is 0.193 e. The zero-order valence-corrected chi connectivity index (χ0v) is 16.1. The van der Waals surface area contributed by atoms with Crippen molar-refractivity contribution in [3.63, 3.8) is 0 Å². The first kappa shape index (κ1) is 19.7. The van der Waals surface area contributed by atoms with Crippen LogP contribution < -0.4 is 5.32 Å². The number of nitriles is 1. The molecule has 1 atom stereocenters. The third-order valence-electron chi connectivity index (χ3n) is 3.72. The van der Waals surface area contributed by atoms with Crippen LogP contribution in [0.5, 0.6) is 0 Å². The lowest BCUT2D eigenvalue weighted by molar-refractivity contribution is 0.181. The summed E-state index contributed by atoms with van der Waals surface area (Å²) in [7, 11) is 2.06. The Bertz CT molecular complexity index is 550. The minimum Gasteiger partial charge on any atom is -0.381 e. The first-order valence-electron chi connectivity index (χ1n) is 7.79. The number of ether oxygens (including phenoxy) is 1. The zero-order valence-electron chi connectivity index (χ0n) is 13.8. The van der Waals surface area contributed by atoms with Crippen LogP contribution in [0.15, 0.2) is 29.3 Å². The van der Waals surface area contributed by atoms with E-state index in [2.05, 4.69) is 35.2 Å². The van der Waals surface area contributed by atoms with Crippen LogP contribution in [-0.2, 0) is 11.3 Å².